The van der Waals surface area contributed by atoms with E-state index in [1.165, 1.54) is 5.56 Å². The Morgan fingerprint density at radius 3 is 2.69 bits per heavy atom. The van der Waals surface area contributed by atoms with Crippen molar-refractivity contribution in [2.24, 2.45) is 12.5 Å². The zero-order chi connectivity index (χ0) is 18.0. The van der Waals surface area contributed by atoms with Crippen LogP contribution >= 0.6 is 0 Å². The monoisotopic (exact) mass is 346 g/mol. The molecule has 0 bridgehead atoms. The number of hydrogen-bond donors (Lipinski definition) is 1. The van der Waals surface area contributed by atoms with Crippen LogP contribution in [-0.4, -0.2) is 27.2 Å². The summed E-state index contributed by atoms with van der Waals surface area (Å²) in [6.07, 6.45) is 8.55. The lowest BCUT2D eigenvalue weighted by atomic mass is 9.96. The standard InChI is InChI=1S/C21H22N4O/c1-25-14-18(19(24-25)17-8-5-11-22-13-17)20(26)23-15-21(9-10-21)12-16-6-3-2-4-7-16/h2-8,11,13-14H,9-10,12,15H2,1H3,(H,23,26). The maximum Gasteiger partial charge on any atom is 0.255 e. The van der Waals surface area contributed by atoms with E-state index in [1.807, 2.05) is 25.2 Å². The van der Waals surface area contributed by atoms with E-state index in [-0.39, 0.29) is 11.3 Å². The highest BCUT2D eigenvalue weighted by Gasteiger charge is 2.42. The van der Waals surface area contributed by atoms with E-state index in [4.69, 9.17) is 0 Å². The zero-order valence-corrected chi connectivity index (χ0v) is 14.9. The van der Waals surface area contributed by atoms with Crippen LogP contribution in [0.2, 0.25) is 0 Å². The van der Waals surface area contributed by atoms with E-state index < -0.39 is 0 Å². The van der Waals surface area contributed by atoms with Crippen LogP contribution in [0.25, 0.3) is 11.3 Å². The number of benzene rings is 1. The molecule has 3 aromatic rings. The van der Waals surface area contributed by atoms with Crippen LogP contribution in [0.4, 0.5) is 0 Å². The minimum absolute atomic E-state index is 0.0729. The van der Waals surface area contributed by atoms with Gasteiger partial charge >= 0.3 is 0 Å². The predicted molar refractivity (Wildman–Crippen MR) is 101 cm³/mol. The molecule has 4 rings (SSSR count). The first-order valence-corrected chi connectivity index (χ1v) is 8.91. The molecule has 132 valence electrons. The Hall–Kier alpha value is -2.95. The molecule has 1 amide bonds. The molecule has 0 spiro atoms. The molecular weight excluding hydrogens is 324 g/mol. The van der Waals surface area contributed by atoms with Gasteiger partial charge in [-0.2, -0.15) is 5.10 Å². The number of carbonyl (C=O) groups is 1. The van der Waals surface area contributed by atoms with Gasteiger partial charge in [0.15, 0.2) is 0 Å². The van der Waals surface area contributed by atoms with Gasteiger partial charge in [-0.25, -0.2) is 0 Å². The number of rotatable bonds is 6. The Balaban J connectivity index is 1.46. The topological polar surface area (TPSA) is 59.8 Å². The van der Waals surface area contributed by atoms with Crippen molar-refractivity contribution in [3.8, 4) is 11.3 Å². The lowest BCUT2D eigenvalue weighted by Gasteiger charge is -2.16. The van der Waals surface area contributed by atoms with E-state index in [9.17, 15) is 4.79 Å². The summed E-state index contributed by atoms with van der Waals surface area (Å²) in [5.74, 6) is -0.0729. The molecule has 5 nitrogen and oxygen atoms in total. The second kappa shape index (κ2) is 6.75. The molecule has 0 unspecified atom stereocenters. The van der Waals surface area contributed by atoms with Crippen molar-refractivity contribution in [2.45, 2.75) is 19.3 Å². The van der Waals surface area contributed by atoms with Crippen molar-refractivity contribution >= 4 is 5.91 Å². The maximum atomic E-state index is 12.8. The molecule has 1 saturated carbocycles. The van der Waals surface area contributed by atoms with Gasteiger partial charge in [0.1, 0.15) is 5.69 Å². The summed E-state index contributed by atoms with van der Waals surface area (Å²) in [6, 6.07) is 14.3. The van der Waals surface area contributed by atoms with Gasteiger partial charge in [0.05, 0.1) is 5.56 Å². The fourth-order valence-corrected chi connectivity index (χ4v) is 3.36. The molecule has 1 aromatic carbocycles. The summed E-state index contributed by atoms with van der Waals surface area (Å²) in [5.41, 5.74) is 3.65. The third-order valence-electron chi connectivity index (χ3n) is 5.01. The van der Waals surface area contributed by atoms with Crippen LogP contribution < -0.4 is 5.32 Å². The van der Waals surface area contributed by atoms with Crippen molar-refractivity contribution < 1.29 is 4.79 Å². The van der Waals surface area contributed by atoms with Gasteiger partial charge in [-0.15, -0.1) is 0 Å². The summed E-state index contributed by atoms with van der Waals surface area (Å²) >= 11 is 0. The average molecular weight is 346 g/mol. The summed E-state index contributed by atoms with van der Waals surface area (Å²) < 4.78 is 1.67. The number of amides is 1. The van der Waals surface area contributed by atoms with Crippen LogP contribution in [-0.2, 0) is 13.5 Å². The largest absolute Gasteiger partial charge is 0.351 e. The van der Waals surface area contributed by atoms with Crippen LogP contribution in [0.5, 0.6) is 0 Å². The molecule has 26 heavy (non-hydrogen) atoms. The Labute approximate surface area is 153 Å². The number of nitrogens with zero attached hydrogens (tertiary/aromatic N) is 3. The SMILES string of the molecule is Cn1cc(C(=O)NCC2(Cc3ccccc3)CC2)c(-c2cccnc2)n1. The summed E-state index contributed by atoms with van der Waals surface area (Å²) in [4.78, 5) is 16.9. The lowest BCUT2D eigenvalue weighted by molar-refractivity contribution is 0.0945. The molecule has 1 aliphatic carbocycles. The van der Waals surface area contributed by atoms with Gasteiger partial charge in [-0.3, -0.25) is 14.5 Å². The quantitative estimate of drug-likeness (QED) is 0.745. The van der Waals surface area contributed by atoms with E-state index in [0.717, 1.165) is 24.8 Å². The van der Waals surface area contributed by atoms with Crippen molar-refractivity contribution in [2.75, 3.05) is 6.54 Å². The number of aryl methyl sites for hydroxylation is 1. The van der Waals surface area contributed by atoms with E-state index >= 15 is 0 Å². The molecule has 2 heterocycles. The molecular formula is C21H22N4O. The molecule has 0 radical (unpaired) electrons. The Morgan fingerprint density at radius 1 is 1.19 bits per heavy atom. The zero-order valence-electron chi connectivity index (χ0n) is 14.9. The number of aromatic nitrogens is 3. The Kier molecular flexibility index (Phi) is 4.29. The van der Waals surface area contributed by atoms with Gasteiger partial charge in [0.2, 0.25) is 0 Å². The molecule has 0 aliphatic heterocycles. The third kappa shape index (κ3) is 3.52. The predicted octanol–water partition coefficient (Wildman–Crippen LogP) is 3.23. The summed E-state index contributed by atoms with van der Waals surface area (Å²) in [7, 11) is 1.83. The molecule has 2 aromatic heterocycles. The van der Waals surface area contributed by atoms with Crippen molar-refractivity contribution in [1.82, 2.24) is 20.1 Å². The molecule has 0 saturated heterocycles. The summed E-state index contributed by atoms with van der Waals surface area (Å²) in [6.45, 7) is 0.697. The minimum Gasteiger partial charge on any atom is -0.351 e. The fourth-order valence-electron chi connectivity index (χ4n) is 3.36. The lowest BCUT2D eigenvalue weighted by Crippen LogP contribution is -2.31. The van der Waals surface area contributed by atoms with E-state index in [2.05, 4.69) is 39.7 Å². The number of hydrogen-bond acceptors (Lipinski definition) is 3. The first-order valence-electron chi connectivity index (χ1n) is 8.91. The van der Waals surface area contributed by atoms with Crippen molar-refractivity contribution in [3.05, 3.63) is 72.2 Å². The van der Waals surface area contributed by atoms with Crippen LogP contribution in [0, 0.1) is 5.41 Å². The van der Waals surface area contributed by atoms with Crippen LogP contribution in [0.1, 0.15) is 28.8 Å². The Morgan fingerprint density at radius 2 is 2.00 bits per heavy atom. The smallest absolute Gasteiger partial charge is 0.255 e. The number of carbonyl (C=O) groups excluding carboxylic acids is 1. The Bertz CT molecular complexity index is 898. The molecule has 1 aliphatic rings. The first kappa shape index (κ1) is 16.5. The number of pyridine rings is 1. The van der Waals surface area contributed by atoms with Gasteiger partial charge in [0.25, 0.3) is 5.91 Å². The molecule has 5 heteroatoms. The van der Waals surface area contributed by atoms with Gasteiger partial charge in [0, 0.05) is 37.7 Å². The normalized spacial score (nSPS) is 14.8. The molecule has 1 fully saturated rings. The maximum absolute atomic E-state index is 12.8. The van der Waals surface area contributed by atoms with Crippen molar-refractivity contribution in [1.29, 1.82) is 0 Å². The molecule has 0 atom stereocenters. The minimum atomic E-state index is -0.0729. The number of nitrogens with one attached hydrogen (secondary N) is 1. The van der Waals surface area contributed by atoms with E-state index in [0.29, 0.717) is 17.8 Å². The fraction of sp³-hybridized carbons (Fsp3) is 0.286. The van der Waals surface area contributed by atoms with Crippen molar-refractivity contribution in [3.63, 3.8) is 0 Å². The third-order valence-corrected chi connectivity index (χ3v) is 5.01. The highest BCUT2D eigenvalue weighted by molar-refractivity contribution is 5.99. The van der Waals surface area contributed by atoms with Crippen LogP contribution in [0.15, 0.2) is 61.1 Å². The highest BCUT2D eigenvalue weighted by atomic mass is 16.1. The summed E-state index contributed by atoms with van der Waals surface area (Å²) in [5, 5.41) is 7.58. The molecule has 1 N–H and O–H groups in total. The average Bonchev–Trinajstić information content (AvgIpc) is 3.32. The second-order valence-corrected chi connectivity index (χ2v) is 7.15. The first-order chi connectivity index (χ1) is 12.7. The van der Waals surface area contributed by atoms with E-state index in [1.54, 1.807) is 23.3 Å². The van der Waals surface area contributed by atoms with Crippen LogP contribution in [0.3, 0.4) is 0 Å². The highest BCUT2D eigenvalue weighted by Crippen LogP contribution is 2.47. The van der Waals surface area contributed by atoms with Gasteiger partial charge in [-0.1, -0.05) is 30.3 Å². The van der Waals surface area contributed by atoms with Gasteiger partial charge in [-0.05, 0) is 42.4 Å². The van der Waals surface area contributed by atoms with Gasteiger partial charge < -0.3 is 5.32 Å². The second-order valence-electron chi connectivity index (χ2n) is 7.15.